The van der Waals surface area contributed by atoms with Gasteiger partial charge in [0.15, 0.2) is 5.96 Å². The average molecular weight is 551 g/mol. The van der Waals surface area contributed by atoms with E-state index in [9.17, 15) is 0 Å². The molecule has 0 spiro atoms. The van der Waals surface area contributed by atoms with Crippen molar-refractivity contribution < 1.29 is 13.9 Å². The molecule has 2 aromatic heterocycles. The Bertz CT molecular complexity index is 976. The highest BCUT2D eigenvalue weighted by atomic mass is 127. The summed E-state index contributed by atoms with van der Waals surface area (Å²) < 4.78 is 16.3. The Morgan fingerprint density at radius 2 is 1.94 bits per heavy atom. The minimum Gasteiger partial charge on any atom is -0.475 e. The van der Waals surface area contributed by atoms with Gasteiger partial charge in [0.05, 0.1) is 25.4 Å². The summed E-state index contributed by atoms with van der Waals surface area (Å²) in [6.07, 6.45) is 3.36. The van der Waals surface area contributed by atoms with Crippen LogP contribution < -0.4 is 15.4 Å². The first-order valence-corrected chi connectivity index (χ1v) is 10.3. The fourth-order valence-corrected chi connectivity index (χ4v) is 2.79. The summed E-state index contributed by atoms with van der Waals surface area (Å²) in [4.78, 5) is 13.5. The van der Waals surface area contributed by atoms with Crippen molar-refractivity contribution in [1.82, 2.24) is 20.6 Å². The third kappa shape index (κ3) is 7.79. The largest absolute Gasteiger partial charge is 0.475 e. The number of rotatable bonds is 10. The molecule has 2 N–H and O–H groups in total. The van der Waals surface area contributed by atoms with Gasteiger partial charge >= 0.3 is 0 Å². The molecule has 0 radical (unpaired) electrons. The van der Waals surface area contributed by atoms with E-state index in [2.05, 4.69) is 32.5 Å². The minimum atomic E-state index is 0. The zero-order valence-corrected chi connectivity index (χ0v) is 21.0. The number of aryl methyl sites for hydroxylation is 1. The Balaban J connectivity index is 0.00000363. The van der Waals surface area contributed by atoms with Crippen LogP contribution in [0.25, 0.3) is 11.5 Å². The van der Waals surface area contributed by atoms with E-state index in [0.29, 0.717) is 44.0 Å². The molecule has 3 rings (SSSR count). The van der Waals surface area contributed by atoms with Crippen LogP contribution in [-0.4, -0.2) is 42.8 Å². The average Bonchev–Trinajstić information content (AvgIpc) is 3.26. The van der Waals surface area contributed by atoms with E-state index in [1.165, 1.54) is 5.56 Å². The monoisotopic (exact) mass is 551 g/mol. The molecule has 0 saturated heterocycles. The van der Waals surface area contributed by atoms with Crippen LogP contribution in [0.3, 0.4) is 0 Å². The number of methoxy groups -OCH3 is 1. The number of oxazole rings is 1. The summed E-state index contributed by atoms with van der Waals surface area (Å²) in [6.45, 7) is 6.68. The Hall–Kier alpha value is -2.66. The first-order chi connectivity index (χ1) is 15.2. The lowest BCUT2D eigenvalue weighted by Gasteiger charge is -2.11. The molecule has 0 amide bonds. The second-order valence-corrected chi connectivity index (χ2v) is 6.87. The highest BCUT2D eigenvalue weighted by Crippen LogP contribution is 2.19. The summed E-state index contributed by atoms with van der Waals surface area (Å²) in [7, 11) is 1.64. The van der Waals surface area contributed by atoms with Crippen molar-refractivity contribution in [2.24, 2.45) is 4.99 Å². The van der Waals surface area contributed by atoms with E-state index in [1.54, 1.807) is 19.6 Å². The molecule has 1 aromatic carbocycles. The molecule has 0 unspecified atom stereocenters. The molecule has 0 fully saturated rings. The number of halogens is 1. The van der Waals surface area contributed by atoms with E-state index < -0.39 is 0 Å². The van der Waals surface area contributed by atoms with Gasteiger partial charge in [-0.15, -0.1) is 24.0 Å². The number of aromatic nitrogens is 2. The van der Waals surface area contributed by atoms with Gasteiger partial charge in [0.1, 0.15) is 12.9 Å². The normalized spacial score (nSPS) is 11.0. The summed E-state index contributed by atoms with van der Waals surface area (Å²) >= 11 is 0. The number of aliphatic imine (C=N–C) groups is 1. The van der Waals surface area contributed by atoms with Crippen LogP contribution in [0.1, 0.15) is 23.7 Å². The SMILES string of the molecule is CCNC(=NCc1cccnc1OCCOC)NCc1coc(-c2ccc(C)cc2)n1.I. The third-order valence-corrected chi connectivity index (χ3v) is 4.42. The predicted molar refractivity (Wildman–Crippen MR) is 135 cm³/mol. The molecule has 0 aliphatic carbocycles. The number of benzene rings is 1. The molecule has 0 aliphatic heterocycles. The smallest absolute Gasteiger partial charge is 0.226 e. The van der Waals surface area contributed by atoms with Gasteiger partial charge in [-0.25, -0.2) is 15.0 Å². The van der Waals surface area contributed by atoms with E-state index >= 15 is 0 Å². The molecular formula is C23H30IN5O3. The summed E-state index contributed by atoms with van der Waals surface area (Å²) in [5.41, 5.74) is 3.85. The fourth-order valence-electron chi connectivity index (χ4n) is 2.79. The van der Waals surface area contributed by atoms with Gasteiger partial charge in [-0.2, -0.15) is 0 Å². The number of nitrogens with one attached hydrogen (secondary N) is 2. The Morgan fingerprint density at radius 1 is 1.12 bits per heavy atom. The van der Waals surface area contributed by atoms with Crippen molar-refractivity contribution in [1.29, 1.82) is 0 Å². The number of hydrogen-bond acceptors (Lipinski definition) is 6. The van der Waals surface area contributed by atoms with E-state index in [0.717, 1.165) is 23.4 Å². The lowest BCUT2D eigenvalue weighted by molar-refractivity contribution is 0.143. The van der Waals surface area contributed by atoms with Gasteiger partial charge in [0.25, 0.3) is 0 Å². The Kier molecular flexibility index (Phi) is 10.9. The molecule has 8 nitrogen and oxygen atoms in total. The van der Waals surface area contributed by atoms with Gasteiger partial charge in [-0.05, 0) is 32.0 Å². The van der Waals surface area contributed by atoms with Gasteiger partial charge in [-0.1, -0.05) is 23.8 Å². The maximum Gasteiger partial charge on any atom is 0.226 e. The Labute approximate surface area is 205 Å². The van der Waals surface area contributed by atoms with Crippen LogP contribution >= 0.6 is 24.0 Å². The fraction of sp³-hybridized carbons (Fsp3) is 0.348. The van der Waals surface area contributed by atoms with Crippen LogP contribution in [0, 0.1) is 6.92 Å². The van der Waals surface area contributed by atoms with Gasteiger partial charge in [0, 0.05) is 31.0 Å². The van der Waals surface area contributed by atoms with Crippen LogP contribution in [0.2, 0.25) is 0 Å². The number of nitrogens with zero attached hydrogens (tertiary/aromatic N) is 3. The molecule has 0 aliphatic rings. The maximum atomic E-state index is 5.68. The molecule has 172 valence electrons. The molecule has 3 aromatic rings. The second kappa shape index (κ2) is 13.7. The highest BCUT2D eigenvalue weighted by molar-refractivity contribution is 14.0. The van der Waals surface area contributed by atoms with Crippen LogP contribution in [0.5, 0.6) is 5.88 Å². The van der Waals surface area contributed by atoms with Gasteiger partial charge in [-0.3, -0.25) is 0 Å². The van der Waals surface area contributed by atoms with E-state index in [-0.39, 0.29) is 24.0 Å². The van der Waals surface area contributed by atoms with Crippen molar-refractivity contribution in [2.75, 3.05) is 26.9 Å². The van der Waals surface area contributed by atoms with Crippen molar-refractivity contribution in [2.45, 2.75) is 26.9 Å². The first-order valence-electron chi connectivity index (χ1n) is 10.3. The number of guanidine groups is 1. The number of pyridine rings is 1. The molecule has 32 heavy (non-hydrogen) atoms. The topological polar surface area (TPSA) is 93.8 Å². The Morgan fingerprint density at radius 3 is 2.69 bits per heavy atom. The first kappa shape index (κ1) is 25.6. The van der Waals surface area contributed by atoms with Crippen LogP contribution in [0.4, 0.5) is 0 Å². The summed E-state index contributed by atoms with van der Waals surface area (Å²) in [6, 6.07) is 11.9. The summed E-state index contributed by atoms with van der Waals surface area (Å²) in [5.74, 6) is 1.85. The van der Waals surface area contributed by atoms with Gasteiger partial charge in [0.2, 0.25) is 11.8 Å². The van der Waals surface area contributed by atoms with E-state index in [4.69, 9.17) is 13.9 Å². The van der Waals surface area contributed by atoms with Crippen molar-refractivity contribution in [3.8, 4) is 17.3 Å². The molecule has 0 bridgehead atoms. The standard InChI is InChI=1S/C23H29N5O3.HI/c1-4-24-23(26-14-19-6-5-11-25-21(19)30-13-12-29-3)27-15-20-16-31-22(28-20)18-9-7-17(2)8-10-18;/h5-11,16H,4,12-15H2,1-3H3,(H2,24,26,27);1H. The van der Waals surface area contributed by atoms with Gasteiger partial charge < -0.3 is 24.5 Å². The molecule has 0 atom stereocenters. The quantitative estimate of drug-likeness (QED) is 0.171. The predicted octanol–water partition coefficient (Wildman–Crippen LogP) is 3.94. The van der Waals surface area contributed by atoms with Crippen molar-refractivity contribution >= 4 is 29.9 Å². The van der Waals surface area contributed by atoms with Crippen LogP contribution in [-0.2, 0) is 17.8 Å². The molecule has 9 heteroatoms. The lowest BCUT2D eigenvalue weighted by Crippen LogP contribution is -2.36. The number of ether oxygens (including phenoxy) is 2. The van der Waals surface area contributed by atoms with E-state index in [1.807, 2.05) is 43.3 Å². The highest BCUT2D eigenvalue weighted by Gasteiger charge is 2.08. The number of hydrogen-bond donors (Lipinski definition) is 2. The molecule has 0 saturated carbocycles. The minimum absolute atomic E-state index is 0. The van der Waals surface area contributed by atoms with Crippen molar-refractivity contribution in [3.63, 3.8) is 0 Å². The van der Waals surface area contributed by atoms with Crippen LogP contribution in [0.15, 0.2) is 58.3 Å². The maximum absolute atomic E-state index is 5.68. The lowest BCUT2D eigenvalue weighted by atomic mass is 10.1. The second-order valence-electron chi connectivity index (χ2n) is 6.87. The van der Waals surface area contributed by atoms with Crippen molar-refractivity contribution in [3.05, 3.63) is 65.7 Å². The zero-order chi connectivity index (χ0) is 21.9. The summed E-state index contributed by atoms with van der Waals surface area (Å²) in [5, 5.41) is 6.53. The molecular weight excluding hydrogens is 521 g/mol. The molecule has 2 heterocycles. The zero-order valence-electron chi connectivity index (χ0n) is 18.6. The third-order valence-electron chi connectivity index (χ3n) is 4.42.